The first-order valence-corrected chi connectivity index (χ1v) is 11.5. The molecular weight excluding hydrogens is 416 g/mol. The molecule has 0 bridgehead atoms. The Balaban J connectivity index is 1.57. The molecule has 0 saturated carbocycles. The van der Waals surface area contributed by atoms with Crippen LogP contribution in [0.1, 0.15) is 39.1 Å². The Morgan fingerprint density at radius 1 is 1.06 bits per heavy atom. The third-order valence-electron chi connectivity index (χ3n) is 6.62. The maximum atomic E-state index is 13.2. The molecule has 1 aliphatic carbocycles. The topological polar surface area (TPSA) is 37.3 Å². The second kappa shape index (κ2) is 7.52. The number of likely N-dealkylation sites (N-methyl/N-ethyl adjacent to an activating group) is 1. The number of nitrogens with zero attached hydrogens (tertiary/aromatic N) is 2. The number of allylic oxidation sites excluding steroid dienone is 4. The maximum absolute atomic E-state index is 13.2. The SMILES string of the molecule is CCN1C(=CC2=C(S)C(=Cc3oc4ccccc4[n+]3CC)C2=O)C(C)(C)c2ccccc21. The molecule has 0 spiro atoms. The molecule has 0 N–H and O–H groups in total. The van der Waals surface area contributed by atoms with Crippen LogP contribution in [0, 0.1) is 0 Å². The van der Waals surface area contributed by atoms with Crippen LogP contribution >= 0.6 is 12.6 Å². The van der Waals surface area contributed by atoms with Gasteiger partial charge in [0, 0.05) is 45.5 Å². The fourth-order valence-electron chi connectivity index (χ4n) is 4.90. The molecule has 5 rings (SSSR count). The Bertz CT molecular complexity index is 1360. The predicted molar refractivity (Wildman–Crippen MR) is 132 cm³/mol. The van der Waals surface area contributed by atoms with Crippen LogP contribution in [0.5, 0.6) is 0 Å². The van der Waals surface area contributed by atoms with Crippen LogP contribution in [0.3, 0.4) is 0 Å². The number of fused-ring (bicyclic) bond motifs is 2. The zero-order valence-electron chi connectivity index (χ0n) is 18.8. The predicted octanol–water partition coefficient (Wildman–Crippen LogP) is 5.59. The number of ketones is 1. The van der Waals surface area contributed by atoms with Crippen LogP contribution in [0.4, 0.5) is 5.69 Å². The summed E-state index contributed by atoms with van der Waals surface area (Å²) in [5.74, 6) is 0.674. The van der Waals surface area contributed by atoms with Crippen LogP contribution in [-0.2, 0) is 16.8 Å². The summed E-state index contributed by atoms with van der Waals surface area (Å²) in [5, 5.41) is 0. The van der Waals surface area contributed by atoms with E-state index >= 15 is 0 Å². The number of aromatic nitrogens is 1. The number of benzene rings is 2. The van der Waals surface area contributed by atoms with Crippen molar-refractivity contribution < 1.29 is 13.8 Å². The van der Waals surface area contributed by atoms with Gasteiger partial charge in [0.1, 0.15) is 6.54 Å². The summed E-state index contributed by atoms with van der Waals surface area (Å²) in [4.78, 5) is 16.2. The van der Waals surface area contributed by atoms with E-state index in [1.807, 2.05) is 36.4 Å². The minimum atomic E-state index is -0.183. The molecule has 4 nitrogen and oxygen atoms in total. The van der Waals surface area contributed by atoms with Crippen molar-refractivity contribution >= 4 is 41.3 Å². The third kappa shape index (κ3) is 2.91. The van der Waals surface area contributed by atoms with Gasteiger partial charge in [-0.15, -0.1) is 12.6 Å². The summed E-state index contributed by atoms with van der Waals surface area (Å²) < 4.78 is 8.10. The van der Waals surface area contributed by atoms with Crippen LogP contribution in [-0.4, -0.2) is 12.3 Å². The summed E-state index contributed by atoms with van der Waals surface area (Å²) in [6, 6.07) is 16.4. The number of thiol groups is 1. The second-order valence-corrected chi connectivity index (χ2v) is 9.16. The molecule has 0 amide bonds. The molecule has 0 radical (unpaired) electrons. The van der Waals surface area contributed by atoms with Gasteiger partial charge >= 0.3 is 5.89 Å². The lowest BCUT2D eigenvalue weighted by Gasteiger charge is -2.28. The first kappa shape index (κ1) is 20.8. The van der Waals surface area contributed by atoms with Gasteiger partial charge in [-0.25, -0.2) is 0 Å². The molecule has 0 fully saturated rings. The second-order valence-electron chi connectivity index (χ2n) is 8.72. The van der Waals surface area contributed by atoms with E-state index in [0.717, 1.165) is 29.9 Å². The van der Waals surface area contributed by atoms with Gasteiger partial charge in [-0.3, -0.25) is 4.79 Å². The number of oxazole rings is 1. The van der Waals surface area contributed by atoms with Crippen molar-refractivity contribution in [1.82, 2.24) is 0 Å². The van der Waals surface area contributed by atoms with Crippen molar-refractivity contribution in [2.45, 2.75) is 39.7 Å². The smallest absolute Gasteiger partial charge is 0.374 e. The molecule has 0 unspecified atom stereocenters. The Kier molecular flexibility index (Phi) is 4.90. The highest BCUT2D eigenvalue weighted by Gasteiger charge is 2.41. The largest absolute Gasteiger partial charge is 0.398 e. The van der Waals surface area contributed by atoms with Gasteiger partial charge in [0.25, 0.3) is 5.52 Å². The molecule has 2 aliphatic rings. The van der Waals surface area contributed by atoms with Gasteiger partial charge in [0.15, 0.2) is 5.78 Å². The number of hydrogen-bond donors (Lipinski definition) is 1. The Morgan fingerprint density at radius 2 is 1.78 bits per heavy atom. The minimum absolute atomic E-state index is 0.00779. The van der Waals surface area contributed by atoms with E-state index in [0.29, 0.717) is 21.9 Å². The molecule has 1 aromatic heterocycles. The number of hydrogen-bond acceptors (Lipinski definition) is 4. The Hall–Kier alpha value is -3.05. The molecule has 1 aliphatic heterocycles. The van der Waals surface area contributed by atoms with E-state index in [-0.39, 0.29) is 11.2 Å². The molecule has 2 aromatic carbocycles. The number of Topliss-reactive ketones (excluding diaryl/α,β-unsaturated/α-hetero) is 1. The highest BCUT2D eigenvalue weighted by Crippen LogP contribution is 2.49. The van der Waals surface area contributed by atoms with Crippen LogP contribution in [0.15, 0.2) is 80.8 Å². The summed E-state index contributed by atoms with van der Waals surface area (Å²) >= 11 is 4.72. The average molecular weight is 444 g/mol. The number of carbonyl (C=O) groups is 1. The van der Waals surface area contributed by atoms with Crippen molar-refractivity contribution in [1.29, 1.82) is 0 Å². The van der Waals surface area contributed by atoms with Crippen LogP contribution < -0.4 is 9.47 Å². The van der Waals surface area contributed by atoms with E-state index < -0.39 is 0 Å². The molecule has 162 valence electrons. The van der Waals surface area contributed by atoms with Gasteiger partial charge < -0.3 is 9.32 Å². The van der Waals surface area contributed by atoms with Crippen molar-refractivity contribution in [3.05, 3.63) is 87.8 Å². The summed E-state index contributed by atoms with van der Waals surface area (Å²) in [5.41, 5.74) is 6.52. The number of para-hydroxylation sites is 3. The lowest BCUT2D eigenvalue weighted by atomic mass is 9.81. The standard InChI is InChI=1S/C27H26N2O2S/c1-5-28-20-12-8-7-11-19(20)27(3,4)23(28)15-17-25(30)18(26(17)32)16-24-29(6-2)21-13-9-10-14-22(21)31-24/h7-16H,5-6H2,1-4H3/p+1. The molecular formula is C27H27N2O2S+. The fourth-order valence-corrected chi connectivity index (χ4v) is 5.23. The van der Waals surface area contributed by atoms with Crippen LogP contribution in [0.25, 0.3) is 17.2 Å². The van der Waals surface area contributed by atoms with Crippen LogP contribution in [0.2, 0.25) is 0 Å². The van der Waals surface area contributed by atoms with E-state index in [1.165, 1.54) is 11.3 Å². The average Bonchev–Trinajstić information content (AvgIpc) is 3.27. The zero-order valence-corrected chi connectivity index (χ0v) is 19.7. The van der Waals surface area contributed by atoms with Gasteiger partial charge in [-0.2, -0.15) is 4.57 Å². The molecule has 3 aromatic rings. The summed E-state index contributed by atoms with van der Waals surface area (Å²) in [6.07, 6.45) is 3.85. The Morgan fingerprint density at radius 3 is 2.50 bits per heavy atom. The monoisotopic (exact) mass is 443 g/mol. The van der Waals surface area contributed by atoms with E-state index in [1.54, 1.807) is 0 Å². The van der Waals surface area contributed by atoms with Gasteiger partial charge in [-0.1, -0.05) is 44.2 Å². The number of anilines is 1. The fraction of sp³-hybridized carbons (Fsp3) is 0.259. The summed E-state index contributed by atoms with van der Waals surface area (Å²) in [6.45, 7) is 10.2. The molecule has 32 heavy (non-hydrogen) atoms. The number of aryl methyl sites for hydroxylation is 1. The van der Waals surface area contributed by atoms with E-state index in [4.69, 9.17) is 17.0 Å². The van der Waals surface area contributed by atoms with Crippen molar-refractivity contribution in [2.24, 2.45) is 0 Å². The third-order valence-corrected chi connectivity index (χ3v) is 7.10. The van der Waals surface area contributed by atoms with E-state index in [2.05, 4.69) is 61.4 Å². The number of carbonyl (C=O) groups excluding carboxylic acids is 1. The van der Waals surface area contributed by atoms with E-state index in [9.17, 15) is 4.79 Å². The van der Waals surface area contributed by atoms with Crippen molar-refractivity contribution in [2.75, 3.05) is 11.4 Å². The first-order chi connectivity index (χ1) is 15.4. The molecule has 2 heterocycles. The zero-order chi connectivity index (χ0) is 22.6. The van der Waals surface area contributed by atoms with Gasteiger partial charge in [0.2, 0.25) is 5.58 Å². The number of rotatable bonds is 4. The van der Waals surface area contributed by atoms with Crippen molar-refractivity contribution in [3.63, 3.8) is 0 Å². The molecule has 0 atom stereocenters. The lowest BCUT2D eigenvalue weighted by molar-refractivity contribution is -0.674. The van der Waals surface area contributed by atoms with Gasteiger partial charge in [-0.05, 0) is 37.6 Å². The minimum Gasteiger partial charge on any atom is -0.398 e. The maximum Gasteiger partial charge on any atom is 0.374 e. The lowest BCUT2D eigenvalue weighted by Crippen LogP contribution is -2.34. The highest BCUT2D eigenvalue weighted by atomic mass is 32.1. The molecule has 5 heteroatoms. The van der Waals surface area contributed by atoms with Crippen molar-refractivity contribution in [3.8, 4) is 0 Å². The van der Waals surface area contributed by atoms with Gasteiger partial charge in [0.05, 0.1) is 6.08 Å². The quantitative estimate of drug-likeness (QED) is 0.324. The summed E-state index contributed by atoms with van der Waals surface area (Å²) in [7, 11) is 0. The Labute approximate surface area is 193 Å². The highest BCUT2D eigenvalue weighted by molar-refractivity contribution is 7.85. The first-order valence-electron chi connectivity index (χ1n) is 11.1. The normalized spacial score (nSPS) is 19.9. The molecule has 0 saturated heterocycles.